The van der Waals surface area contributed by atoms with Gasteiger partial charge in [0.15, 0.2) is 6.61 Å². The van der Waals surface area contributed by atoms with E-state index in [4.69, 9.17) is 4.84 Å². The molecule has 3 rings (SSSR count). The van der Waals surface area contributed by atoms with Crippen molar-refractivity contribution in [3.63, 3.8) is 0 Å². The minimum atomic E-state index is -4.53. The van der Waals surface area contributed by atoms with Crippen molar-refractivity contribution in [2.75, 3.05) is 6.61 Å². The van der Waals surface area contributed by atoms with Gasteiger partial charge in [-0.2, -0.15) is 13.2 Å². The molecular formula is C19H23F3N2O3. The molecule has 0 heterocycles. The fourth-order valence-corrected chi connectivity index (χ4v) is 4.37. The van der Waals surface area contributed by atoms with Crippen molar-refractivity contribution in [3.05, 3.63) is 35.4 Å². The number of hydroxylamine groups is 1. The number of carbonyl (C=O) groups excluding carboxylic acids is 2. The van der Waals surface area contributed by atoms with Crippen molar-refractivity contribution in [2.24, 2.45) is 17.8 Å². The number of carbonyl (C=O) groups is 2. The van der Waals surface area contributed by atoms with E-state index in [1.807, 2.05) is 12.4 Å². The Kier molecular flexibility index (Phi) is 5.74. The zero-order chi connectivity index (χ0) is 19.6. The predicted molar refractivity (Wildman–Crippen MR) is 91.4 cm³/mol. The summed E-state index contributed by atoms with van der Waals surface area (Å²) in [5, 5.41) is 2.89. The van der Waals surface area contributed by atoms with Gasteiger partial charge in [0.05, 0.1) is 5.56 Å². The van der Waals surface area contributed by atoms with E-state index in [2.05, 4.69) is 5.32 Å². The predicted octanol–water partition coefficient (Wildman–Crippen LogP) is 3.31. The van der Waals surface area contributed by atoms with Crippen LogP contribution in [0.3, 0.4) is 0 Å². The van der Waals surface area contributed by atoms with E-state index in [1.54, 1.807) is 0 Å². The molecule has 2 fully saturated rings. The summed E-state index contributed by atoms with van der Waals surface area (Å²) in [5.41, 5.74) is 0.894. The maximum absolute atomic E-state index is 12.7. The lowest BCUT2D eigenvalue weighted by molar-refractivity contribution is -0.137. The third kappa shape index (κ3) is 4.80. The van der Waals surface area contributed by atoms with Gasteiger partial charge in [-0.25, -0.2) is 5.48 Å². The van der Waals surface area contributed by atoms with E-state index >= 15 is 0 Å². The molecule has 2 amide bonds. The fraction of sp³-hybridized carbons (Fsp3) is 0.579. The van der Waals surface area contributed by atoms with Gasteiger partial charge in [-0.05, 0) is 62.1 Å². The maximum atomic E-state index is 12.7. The van der Waals surface area contributed by atoms with E-state index in [0.29, 0.717) is 11.8 Å². The molecule has 0 spiro atoms. The molecule has 1 aromatic carbocycles. The van der Waals surface area contributed by atoms with Gasteiger partial charge < -0.3 is 5.32 Å². The average Bonchev–Trinajstić information content (AvgIpc) is 3.24. The molecule has 27 heavy (non-hydrogen) atoms. The molecule has 0 radical (unpaired) electrons. The molecule has 5 nitrogen and oxygen atoms in total. The SMILES string of the molecule is C[C@@H](NC(=O)CONC(=O)c1cccc(C(F)(F)F)c1)[C@H]1C[C@H]2CC[C@H]1C2. The highest BCUT2D eigenvalue weighted by atomic mass is 19.4. The van der Waals surface area contributed by atoms with E-state index in [0.717, 1.165) is 30.5 Å². The van der Waals surface area contributed by atoms with Gasteiger partial charge in [0.1, 0.15) is 0 Å². The molecule has 0 unspecified atom stereocenters. The highest BCUT2D eigenvalue weighted by Gasteiger charge is 2.42. The summed E-state index contributed by atoms with van der Waals surface area (Å²) < 4.78 is 38.0. The molecule has 2 bridgehead atoms. The molecule has 2 aliphatic rings. The number of hydrogen-bond acceptors (Lipinski definition) is 3. The summed E-state index contributed by atoms with van der Waals surface area (Å²) in [6, 6.07) is 4.03. The van der Waals surface area contributed by atoms with Crippen molar-refractivity contribution in [1.29, 1.82) is 0 Å². The lowest BCUT2D eigenvalue weighted by atomic mass is 9.84. The Morgan fingerprint density at radius 3 is 2.67 bits per heavy atom. The summed E-state index contributed by atoms with van der Waals surface area (Å²) >= 11 is 0. The summed E-state index contributed by atoms with van der Waals surface area (Å²) in [7, 11) is 0. The number of nitrogens with one attached hydrogen (secondary N) is 2. The van der Waals surface area contributed by atoms with E-state index in [9.17, 15) is 22.8 Å². The molecule has 1 aromatic rings. The molecule has 0 aliphatic heterocycles. The van der Waals surface area contributed by atoms with Crippen molar-refractivity contribution < 1.29 is 27.6 Å². The fourth-order valence-electron chi connectivity index (χ4n) is 4.37. The first-order chi connectivity index (χ1) is 12.7. The first-order valence-electron chi connectivity index (χ1n) is 9.13. The minimum Gasteiger partial charge on any atom is -0.351 e. The number of hydrogen-bond donors (Lipinski definition) is 2. The number of rotatable bonds is 6. The normalized spacial score (nSPS) is 25.3. The van der Waals surface area contributed by atoms with Gasteiger partial charge in [0.25, 0.3) is 5.91 Å². The largest absolute Gasteiger partial charge is 0.416 e. The summed E-state index contributed by atoms with van der Waals surface area (Å²) in [6.07, 6.45) is 0.353. The van der Waals surface area contributed by atoms with Gasteiger partial charge in [-0.3, -0.25) is 14.4 Å². The third-order valence-electron chi connectivity index (χ3n) is 5.64. The van der Waals surface area contributed by atoms with Crippen LogP contribution in [-0.4, -0.2) is 24.5 Å². The van der Waals surface area contributed by atoms with Gasteiger partial charge in [0.2, 0.25) is 5.91 Å². The Hall–Kier alpha value is -2.09. The summed E-state index contributed by atoms with van der Waals surface area (Å²) in [4.78, 5) is 28.7. The lowest BCUT2D eigenvalue weighted by Crippen LogP contribution is -2.42. The first-order valence-corrected chi connectivity index (χ1v) is 9.13. The Balaban J connectivity index is 1.42. The van der Waals surface area contributed by atoms with Gasteiger partial charge in [-0.15, -0.1) is 0 Å². The van der Waals surface area contributed by atoms with Crippen molar-refractivity contribution in [1.82, 2.24) is 10.8 Å². The van der Waals surface area contributed by atoms with Crippen molar-refractivity contribution in [3.8, 4) is 0 Å². The van der Waals surface area contributed by atoms with Gasteiger partial charge in [0, 0.05) is 11.6 Å². The second-order valence-corrected chi connectivity index (χ2v) is 7.49. The van der Waals surface area contributed by atoms with Crippen LogP contribution in [0, 0.1) is 17.8 Å². The number of halogens is 3. The lowest BCUT2D eigenvalue weighted by Gasteiger charge is -2.28. The quantitative estimate of drug-likeness (QED) is 0.740. The summed E-state index contributed by atoms with van der Waals surface area (Å²) in [5.74, 6) is 0.728. The number of alkyl halides is 3. The second-order valence-electron chi connectivity index (χ2n) is 7.49. The van der Waals surface area contributed by atoms with E-state index < -0.39 is 24.3 Å². The van der Waals surface area contributed by atoms with Crippen LogP contribution in [0.1, 0.15) is 48.5 Å². The Bertz CT molecular complexity index is 708. The van der Waals surface area contributed by atoms with E-state index in [1.165, 1.54) is 25.3 Å². The van der Waals surface area contributed by atoms with Crippen LogP contribution >= 0.6 is 0 Å². The van der Waals surface area contributed by atoms with Crippen LogP contribution in [0.2, 0.25) is 0 Å². The average molecular weight is 384 g/mol. The highest BCUT2D eigenvalue weighted by molar-refractivity contribution is 5.93. The second kappa shape index (κ2) is 7.88. The van der Waals surface area contributed by atoms with Gasteiger partial charge in [-0.1, -0.05) is 12.5 Å². The van der Waals surface area contributed by atoms with Crippen LogP contribution in [0.5, 0.6) is 0 Å². The Labute approximate surface area is 155 Å². The van der Waals surface area contributed by atoms with Crippen LogP contribution in [0.25, 0.3) is 0 Å². The molecule has 2 N–H and O–H groups in total. The molecule has 0 saturated heterocycles. The zero-order valence-corrected chi connectivity index (χ0v) is 15.0. The third-order valence-corrected chi connectivity index (χ3v) is 5.64. The Morgan fingerprint density at radius 1 is 1.26 bits per heavy atom. The van der Waals surface area contributed by atoms with Crippen LogP contribution in [0.15, 0.2) is 24.3 Å². The molecule has 2 saturated carbocycles. The topological polar surface area (TPSA) is 67.4 Å². The minimum absolute atomic E-state index is 0.0376. The zero-order valence-electron chi connectivity index (χ0n) is 15.0. The van der Waals surface area contributed by atoms with Crippen LogP contribution < -0.4 is 10.8 Å². The monoisotopic (exact) mass is 384 g/mol. The smallest absolute Gasteiger partial charge is 0.351 e. The number of amides is 2. The highest BCUT2D eigenvalue weighted by Crippen LogP contribution is 2.49. The van der Waals surface area contributed by atoms with E-state index in [-0.39, 0.29) is 17.5 Å². The maximum Gasteiger partial charge on any atom is 0.416 e. The standard InChI is InChI=1S/C19H23F3N2O3/c1-11(16-8-12-5-6-13(16)7-12)23-17(25)10-27-24-18(26)14-3-2-4-15(9-14)19(20,21)22/h2-4,9,11-13,16H,5-8,10H2,1H3,(H,23,25)(H,24,26)/t11-,12+,13+,16-/m1/s1. The van der Waals surface area contributed by atoms with Crippen molar-refractivity contribution >= 4 is 11.8 Å². The number of fused-ring (bicyclic) bond motifs is 2. The molecule has 4 atom stereocenters. The summed E-state index contributed by atoms with van der Waals surface area (Å²) in [6.45, 7) is 1.58. The van der Waals surface area contributed by atoms with Crippen molar-refractivity contribution in [2.45, 2.75) is 44.8 Å². The Morgan fingerprint density at radius 2 is 2.04 bits per heavy atom. The molecule has 2 aliphatic carbocycles. The van der Waals surface area contributed by atoms with Crippen LogP contribution in [-0.2, 0) is 15.8 Å². The molecule has 8 heteroatoms. The number of benzene rings is 1. The van der Waals surface area contributed by atoms with Crippen LogP contribution in [0.4, 0.5) is 13.2 Å². The molecule has 148 valence electrons. The molecule has 0 aromatic heterocycles. The molecular weight excluding hydrogens is 361 g/mol. The first kappa shape index (κ1) is 19.7. The van der Waals surface area contributed by atoms with Gasteiger partial charge >= 0.3 is 6.18 Å².